The molecule has 0 aliphatic rings. The van der Waals surface area contributed by atoms with Crippen LogP contribution in [0.15, 0.2) is 30.6 Å². The third kappa shape index (κ3) is 2.51. The summed E-state index contributed by atoms with van der Waals surface area (Å²) < 4.78 is 1.98. The Balaban J connectivity index is 2.23. The number of imidazole rings is 1. The van der Waals surface area contributed by atoms with Crippen LogP contribution in [0.2, 0.25) is 5.02 Å². The maximum atomic E-state index is 6.26. The van der Waals surface area contributed by atoms with Crippen molar-refractivity contribution in [3.8, 4) is 0 Å². The lowest BCUT2D eigenvalue weighted by Crippen LogP contribution is -2.16. The molecule has 1 heterocycles. The van der Waals surface area contributed by atoms with Crippen LogP contribution in [0.1, 0.15) is 23.0 Å². The summed E-state index contributed by atoms with van der Waals surface area (Å²) in [6.07, 6.45) is 4.38. The molecule has 2 aromatic rings. The highest BCUT2D eigenvalue weighted by Crippen LogP contribution is 2.26. The Kier molecular flexibility index (Phi) is 3.50. The van der Waals surface area contributed by atoms with E-state index in [1.54, 1.807) is 6.20 Å². The third-order valence-corrected chi connectivity index (χ3v) is 3.46. The van der Waals surface area contributed by atoms with Gasteiger partial charge in [0.2, 0.25) is 0 Å². The summed E-state index contributed by atoms with van der Waals surface area (Å²) in [5.74, 6) is 0.968. The quantitative estimate of drug-likeness (QED) is 0.909. The molecule has 3 nitrogen and oxygen atoms in total. The summed E-state index contributed by atoms with van der Waals surface area (Å²) in [6.45, 7) is 1.99. The van der Waals surface area contributed by atoms with E-state index in [1.165, 1.54) is 0 Å². The van der Waals surface area contributed by atoms with Crippen molar-refractivity contribution < 1.29 is 0 Å². The Labute approximate surface area is 106 Å². The van der Waals surface area contributed by atoms with Gasteiger partial charge in [0, 0.05) is 36.9 Å². The molecule has 17 heavy (non-hydrogen) atoms. The summed E-state index contributed by atoms with van der Waals surface area (Å²) >= 11 is 6.26. The highest BCUT2D eigenvalue weighted by atomic mass is 35.5. The molecule has 1 unspecified atom stereocenters. The molecule has 0 spiro atoms. The monoisotopic (exact) mass is 249 g/mol. The van der Waals surface area contributed by atoms with Crippen LogP contribution in [0.25, 0.3) is 0 Å². The van der Waals surface area contributed by atoms with E-state index in [0.29, 0.717) is 6.42 Å². The highest BCUT2D eigenvalue weighted by Gasteiger charge is 2.14. The molecule has 0 bridgehead atoms. The number of aryl methyl sites for hydroxylation is 2. The van der Waals surface area contributed by atoms with Gasteiger partial charge in [-0.3, -0.25) is 0 Å². The van der Waals surface area contributed by atoms with Crippen LogP contribution in [0.3, 0.4) is 0 Å². The van der Waals surface area contributed by atoms with Crippen LogP contribution >= 0.6 is 11.6 Å². The van der Waals surface area contributed by atoms with Crippen molar-refractivity contribution in [1.29, 1.82) is 0 Å². The van der Waals surface area contributed by atoms with Crippen molar-refractivity contribution in [2.45, 2.75) is 19.4 Å². The predicted molar refractivity (Wildman–Crippen MR) is 70.0 cm³/mol. The molecule has 0 fully saturated rings. The molecule has 0 aliphatic heterocycles. The van der Waals surface area contributed by atoms with Crippen molar-refractivity contribution in [1.82, 2.24) is 9.55 Å². The third-order valence-electron chi connectivity index (χ3n) is 2.94. The normalized spacial score (nSPS) is 12.7. The van der Waals surface area contributed by atoms with Crippen molar-refractivity contribution in [3.63, 3.8) is 0 Å². The van der Waals surface area contributed by atoms with Crippen LogP contribution in [-0.4, -0.2) is 9.55 Å². The molecule has 0 radical (unpaired) electrons. The Morgan fingerprint density at radius 1 is 1.47 bits per heavy atom. The van der Waals surface area contributed by atoms with Crippen molar-refractivity contribution in [2.24, 2.45) is 12.8 Å². The zero-order chi connectivity index (χ0) is 12.4. The fourth-order valence-corrected chi connectivity index (χ4v) is 2.12. The predicted octanol–water partition coefficient (Wildman–Crippen LogP) is 2.62. The van der Waals surface area contributed by atoms with Gasteiger partial charge < -0.3 is 10.3 Å². The van der Waals surface area contributed by atoms with E-state index in [0.717, 1.165) is 22.0 Å². The minimum Gasteiger partial charge on any atom is -0.338 e. The smallest absolute Gasteiger partial charge is 0.110 e. The molecule has 0 saturated heterocycles. The number of halogens is 1. The van der Waals surface area contributed by atoms with Crippen molar-refractivity contribution in [2.75, 3.05) is 0 Å². The molecule has 90 valence electrons. The van der Waals surface area contributed by atoms with Gasteiger partial charge in [0.05, 0.1) is 0 Å². The minimum absolute atomic E-state index is 0.122. The maximum Gasteiger partial charge on any atom is 0.110 e. The van der Waals surface area contributed by atoms with E-state index in [4.69, 9.17) is 17.3 Å². The van der Waals surface area contributed by atoms with Gasteiger partial charge in [-0.05, 0) is 18.1 Å². The van der Waals surface area contributed by atoms with Gasteiger partial charge >= 0.3 is 0 Å². The molecule has 1 atom stereocenters. The number of hydrogen-bond acceptors (Lipinski definition) is 2. The summed E-state index contributed by atoms with van der Waals surface area (Å²) in [5, 5.41) is 0.759. The van der Waals surface area contributed by atoms with Crippen molar-refractivity contribution in [3.05, 3.63) is 52.6 Å². The first-order chi connectivity index (χ1) is 8.09. The molecule has 0 saturated carbocycles. The minimum atomic E-state index is -0.122. The zero-order valence-corrected chi connectivity index (χ0v) is 10.8. The average molecular weight is 250 g/mol. The number of hydrogen-bond donors (Lipinski definition) is 1. The lowest BCUT2D eigenvalue weighted by Gasteiger charge is -2.14. The fourth-order valence-electron chi connectivity index (χ4n) is 1.86. The summed E-state index contributed by atoms with van der Waals surface area (Å²) in [7, 11) is 1.97. The van der Waals surface area contributed by atoms with Crippen LogP contribution in [0, 0.1) is 6.92 Å². The molecule has 2 rings (SSSR count). The molecule has 1 aromatic carbocycles. The van der Waals surface area contributed by atoms with Gasteiger partial charge in [0.25, 0.3) is 0 Å². The van der Waals surface area contributed by atoms with Crippen LogP contribution in [0.4, 0.5) is 0 Å². The lowest BCUT2D eigenvalue weighted by molar-refractivity contribution is 0.659. The van der Waals surface area contributed by atoms with E-state index in [-0.39, 0.29) is 6.04 Å². The van der Waals surface area contributed by atoms with Gasteiger partial charge in [-0.2, -0.15) is 0 Å². The van der Waals surface area contributed by atoms with Crippen LogP contribution < -0.4 is 5.73 Å². The molecule has 4 heteroatoms. The number of aromatic nitrogens is 2. The highest BCUT2D eigenvalue weighted by molar-refractivity contribution is 6.32. The van der Waals surface area contributed by atoms with Crippen LogP contribution in [-0.2, 0) is 13.5 Å². The molecule has 2 N–H and O–H groups in total. The second-order valence-corrected chi connectivity index (χ2v) is 4.62. The Hall–Kier alpha value is -1.32. The number of nitrogens with two attached hydrogens (primary N) is 1. The number of benzene rings is 1. The van der Waals surface area contributed by atoms with Gasteiger partial charge in [-0.15, -0.1) is 0 Å². The van der Waals surface area contributed by atoms with Crippen LogP contribution in [0.5, 0.6) is 0 Å². The SMILES string of the molecule is Cc1cccc(C(N)Cc2nccn2C)c1Cl. The Morgan fingerprint density at radius 2 is 2.24 bits per heavy atom. The second kappa shape index (κ2) is 4.90. The largest absolute Gasteiger partial charge is 0.338 e. The Morgan fingerprint density at radius 3 is 2.88 bits per heavy atom. The molecule has 0 amide bonds. The standard InChI is InChI=1S/C13H16ClN3/c1-9-4-3-5-10(13(9)14)11(15)8-12-16-6-7-17(12)2/h3-7,11H,8,15H2,1-2H3. The number of nitrogens with zero attached hydrogens (tertiary/aromatic N) is 2. The summed E-state index contributed by atoms with van der Waals surface area (Å²) in [6, 6.07) is 5.82. The molecular weight excluding hydrogens is 234 g/mol. The molecule has 0 aliphatic carbocycles. The van der Waals surface area contributed by atoms with E-state index in [1.807, 2.05) is 42.9 Å². The second-order valence-electron chi connectivity index (χ2n) is 4.24. The summed E-state index contributed by atoms with van der Waals surface area (Å²) in [4.78, 5) is 4.27. The van der Waals surface area contributed by atoms with E-state index in [9.17, 15) is 0 Å². The lowest BCUT2D eigenvalue weighted by atomic mass is 10.0. The van der Waals surface area contributed by atoms with E-state index >= 15 is 0 Å². The Bertz CT molecular complexity index is 519. The van der Waals surface area contributed by atoms with E-state index < -0.39 is 0 Å². The van der Waals surface area contributed by atoms with E-state index in [2.05, 4.69) is 4.98 Å². The molecule has 1 aromatic heterocycles. The zero-order valence-electron chi connectivity index (χ0n) is 10.0. The average Bonchev–Trinajstić information content (AvgIpc) is 2.68. The first kappa shape index (κ1) is 12.1. The van der Waals surface area contributed by atoms with Crippen molar-refractivity contribution >= 4 is 11.6 Å². The fraction of sp³-hybridized carbons (Fsp3) is 0.308. The van der Waals surface area contributed by atoms with Gasteiger partial charge in [0.1, 0.15) is 5.82 Å². The number of rotatable bonds is 3. The first-order valence-corrected chi connectivity index (χ1v) is 5.94. The first-order valence-electron chi connectivity index (χ1n) is 5.56. The molecular formula is C13H16ClN3. The van der Waals surface area contributed by atoms with Gasteiger partial charge in [0.15, 0.2) is 0 Å². The van der Waals surface area contributed by atoms with Gasteiger partial charge in [-0.1, -0.05) is 29.8 Å². The van der Waals surface area contributed by atoms with Gasteiger partial charge in [-0.25, -0.2) is 4.98 Å². The summed E-state index contributed by atoms with van der Waals surface area (Å²) in [5.41, 5.74) is 8.22. The topological polar surface area (TPSA) is 43.8 Å². The maximum absolute atomic E-state index is 6.26.